The molecule has 1 aliphatic heterocycles. The molecule has 1 aliphatic rings. The van der Waals surface area contributed by atoms with E-state index >= 15 is 0 Å². The molecule has 2 aromatic rings. The zero-order valence-corrected chi connectivity index (χ0v) is 18.3. The molecule has 1 amide bonds. The molecule has 1 heterocycles. The SMILES string of the molecule is NS(=O)(=O)c1ccc(CCNC(=O)CN2CCOC(c3ccc(Br)cc3)C2)cc1. The summed E-state index contributed by atoms with van der Waals surface area (Å²) in [4.78, 5) is 14.5. The van der Waals surface area contributed by atoms with Gasteiger partial charge in [0.05, 0.1) is 24.2 Å². The van der Waals surface area contributed by atoms with Crippen molar-refractivity contribution in [2.75, 3.05) is 32.8 Å². The smallest absolute Gasteiger partial charge is 0.238 e. The van der Waals surface area contributed by atoms with Crippen LogP contribution in [0, 0.1) is 0 Å². The number of rotatable bonds is 7. The maximum atomic E-state index is 12.3. The molecule has 2 aromatic carbocycles. The zero-order chi connectivity index (χ0) is 20.9. The van der Waals surface area contributed by atoms with Crippen molar-refractivity contribution in [1.82, 2.24) is 10.2 Å². The van der Waals surface area contributed by atoms with Gasteiger partial charge in [0.2, 0.25) is 15.9 Å². The van der Waals surface area contributed by atoms with Gasteiger partial charge in [0.15, 0.2) is 0 Å². The lowest BCUT2D eigenvalue weighted by Crippen LogP contribution is -2.44. The van der Waals surface area contributed by atoms with Gasteiger partial charge in [-0.3, -0.25) is 9.69 Å². The third-order valence-electron chi connectivity index (χ3n) is 4.75. The first-order valence-electron chi connectivity index (χ1n) is 9.29. The number of ether oxygens (including phenoxy) is 1. The molecule has 3 N–H and O–H groups in total. The first kappa shape index (κ1) is 21.9. The van der Waals surface area contributed by atoms with Gasteiger partial charge in [-0.25, -0.2) is 13.6 Å². The second-order valence-corrected chi connectivity index (χ2v) is 9.41. The van der Waals surface area contributed by atoms with Gasteiger partial charge in [-0.05, 0) is 41.8 Å². The van der Waals surface area contributed by atoms with Gasteiger partial charge in [-0.1, -0.05) is 40.2 Å². The molecule has 1 atom stereocenters. The maximum Gasteiger partial charge on any atom is 0.238 e. The number of hydrogen-bond donors (Lipinski definition) is 2. The average Bonchev–Trinajstić information content (AvgIpc) is 2.68. The Labute approximate surface area is 179 Å². The predicted molar refractivity (Wildman–Crippen MR) is 114 cm³/mol. The summed E-state index contributed by atoms with van der Waals surface area (Å²) >= 11 is 3.43. The third kappa shape index (κ3) is 6.61. The number of nitrogens with two attached hydrogens (primary N) is 1. The van der Waals surface area contributed by atoms with Gasteiger partial charge >= 0.3 is 0 Å². The van der Waals surface area contributed by atoms with E-state index in [2.05, 4.69) is 26.1 Å². The van der Waals surface area contributed by atoms with Crippen LogP contribution in [0.25, 0.3) is 0 Å². The van der Waals surface area contributed by atoms with Crippen molar-refractivity contribution in [2.24, 2.45) is 5.14 Å². The third-order valence-corrected chi connectivity index (χ3v) is 6.21. The minimum absolute atomic E-state index is 0.0392. The fourth-order valence-electron chi connectivity index (χ4n) is 3.18. The number of benzene rings is 2. The highest BCUT2D eigenvalue weighted by Crippen LogP contribution is 2.23. The first-order valence-corrected chi connectivity index (χ1v) is 11.6. The van der Waals surface area contributed by atoms with Gasteiger partial charge in [-0.2, -0.15) is 0 Å². The Bertz CT molecular complexity index is 933. The van der Waals surface area contributed by atoms with Crippen LogP contribution in [0.15, 0.2) is 57.9 Å². The number of primary sulfonamides is 1. The number of nitrogens with one attached hydrogen (secondary N) is 1. The normalized spacial score (nSPS) is 17.8. The first-order chi connectivity index (χ1) is 13.8. The molecule has 1 unspecified atom stereocenters. The van der Waals surface area contributed by atoms with E-state index in [1.807, 2.05) is 24.3 Å². The van der Waals surface area contributed by atoms with Crippen LogP contribution in [0.4, 0.5) is 0 Å². The average molecular weight is 482 g/mol. The zero-order valence-electron chi connectivity index (χ0n) is 15.9. The number of amides is 1. The molecule has 3 rings (SSSR count). The van der Waals surface area contributed by atoms with E-state index in [-0.39, 0.29) is 16.9 Å². The lowest BCUT2D eigenvalue weighted by molar-refractivity contribution is -0.124. The Morgan fingerprint density at radius 1 is 1.17 bits per heavy atom. The lowest BCUT2D eigenvalue weighted by Gasteiger charge is -2.32. The van der Waals surface area contributed by atoms with Crippen LogP contribution >= 0.6 is 15.9 Å². The Balaban J connectivity index is 1.43. The van der Waals surface area contributed by atoms with Crippen LogP contribution in [0.3, 0.4) is 0 Å². The molecule has 9 heteroatoms. The van der Waals surface area contributed by atoms with Crippen LogP contribution in [0.1, 0.15) is 17.2 Å². The summed E-state index contributed by atoms with van der Waals surface area (Å²) in [7, 11) is -3.68. The maximum absolute atomic E-state index is 12.3. The van der Waals surface area contributed by atoms with Crippen LogP contribution < -0.4 is 10.5 Å². The monoisotopic (exact) mass is 481 g/mol. The molecule has 156 valence electrons. The number of halogens is 1. The Kier molecular flexibility index (Phi) is 7.42. The van der Waals surface area contributed by atoms with Crippen LogP contribution in [0.2, 0.25) is 0 Å². The van der Waals surface area contributed by atoms with E-state index in [0.29, 0.717) is 32.7 Å². The van der Waals surface area contributed by atoms with E-state index in [1.54, 1.807) is 12.1 Å². The van der Waals surface area contributed by atoms with Crippen molar-refractivity contribution >= 4 is 31.9 Å². The summed E-state index contributed by atoms with van der Waals surface area (Å²) < 4.78 is 29.4. The molecular formula is C20H24BrN3O4S. The molecule has 0 aromatic heterocycles. The summed E-state index contributed by atoms with van der Waals surface area (Å²) in [5.74, 6) is -0.0392. The van der Waals surface area contributed by atoms with E-state index in [1.165, 1.54) is 12.1 Å². The number of morpholine rings is 1. The van der Waals surface area contributed by atoms with Crippen LogP contribution in [-0.4, -0.2) is 52.0 Å². The minimum Gasteiger partial charge on any atom is -0.371 e. The van der Waals surface area contributed by atoms with Gasteiger partial charge in [0.1, 0.15) is 0 Å². The molecule has 0 bridgehead atoms. The number of carbonyl (C=O) groups is 1. The topological polar surface area (TPSA) is 102 Å². The number of carbonyl (C=O) groups excluding carboxylic acids is 1. The number of hydrogen-bond acceptors (Lipinski definition) is 5. The lowest BCUT2D eigenvalue weighted by atomic mass is 10.1. The highest BCUT2D eigenvalue weighted by Gasteiger charge is 2.23. The second-order valence-electron chi connectivity index (χ2n) is 6.94. The van der Waals surface area contributed by atoms with E-state index in [4.69, 9.17) is 9.88 Å². The summed E-state index contributed by atoms with van der Waals surface area (Å²) in [6.07, 6.45) is 0.573. The summed E-state index contributed by atoms with van der Waals surface area (Å²) in [6.45, 7) is 2.78. The predicted octanol–water partition coefficient (Wildman–Crippen LogP) is 1.83. The molecule has 1 fully saturated rings. The van der Waals surface area contributed by atoms with Crippen molar-refractivity contribution in [1.29, 1.82) is 0 Å². The van der Waals surface area contributed by atoms with E-state index < -0.39 is 10.0 Å². The van der Waals surface area contributed by atoms with Crippen molar-refractivity contribution in [3.05, 3.63) is 64.1 Å². The van der Waals surface area contributed by atoms with Crippen molar-refractivity contribution in [3.63, 3.8) is 0 Å². The molecule has 1 saturated heterocycles. The quantitative estimate of drug-likeness (QED) is 0.627. The molecule has 7 nitrogen and oxygen atoms in total. The minimum atomic E-state index is -3.68. The molecule has 0 aliphatic carbocycles. The molecule has 0 radical (unpaired) electrons. The summed E-state index contributed by atoms with van der Waals surface area (Å²) in [5, 5.41) is 8.00. The summed E-state index contributed by atoms with van der Waals surface area (Å²) in [6, 6.07) is 14.4. The molecule has 0 spiro atoms. The fourth-order valence-corrected chi connectivity index (χ4v) is 3.96. The highest BCUT2D eigenvalue weighted by molar-refractivity contribution is 9.10. The largest absolute Gasteiger partial charge is 0.371 e. The van der Waals surface area contributed by atoms with Gasteiger partial charge in [-0.15, -0.1) is 0 Å². The van der Waals surface area contributed by atoms with E-state index in [0.717, 1.165) is 22.1 Å². The molecule has 0 saturated carbocycles. The van der Waals surface area contributed by atoms with Crippen LogP contribution in [-0.2, 0) is 26.0 Å². The summed E-state index contributed by atoms with van der Waals surface area (Å²) in [5.41, 5.74) is 2.03. The number of nitrogens with zero attached hydrogens (tertiary/aromatic N) is 1. The van der Waals surface area contributed by atoms with Crippen molar-refractivity contribution in [2.45, 2.75) is 17.4 Å². The molecular weight excluding hydrogens is 458 g/mol. The van der Waals surface area contributed by atoms with Crippen molar-refractivity contribution < 1.29 is 17.9 Å². The Morgan fingerprint density at radius 3 is 2.52 bits per heavy atom. The fraction of sp³-hybridized carbons (Fsp3) is 0.350. The number of sulfonamides is 1. The van der Waals surface area contributed by atoms with Crippen LogP contribution in [0.5, 0.6) is 0 Å². The Morgan fingerprint density at radius 2 is 1.86 bits per heavy atom. The Hall–Kier alpha value is -1.78. The van der Waals surface area contributed by atoms with Crippen molar-refractivity contribution in [3.8, 4) is 0 Å². The van der Waals surface area contributed by atoms with Gasteiger partial charge < -0.3 is 10.1 Å². The van der Waals surface area contributed by atoms with E-state index in [9.17, 15) is 13.2 Å². The van der Waals surface area contributed by atoms with Gasteiger partial charge in [0.25, 0.3) is 0 Å². The highest BCUT2D eigenvalue weighted by atomic mass is 79.9. The molecule has 29 heavy (non-hydrogen) atoms. The second kappa shape index (κ2) is 9.82. The standard InChI is InChI=1S/C20H24BrN3O4S/c21-17-5-3-16(4-6-17)19-13-24(11-12-28-19)14-20(25)23-10-9-15-1-7-18(8-2-15)29(22,26)27/h1-8,19H,9-14H2,(H,23,25)(H2,22,26,27). The van der Waals surface area contributed by atoms with Gasteiger partial charge in [0, 0.05) is 24.1 Å².